The summed E-state index contributed by atoms with van der Waals surface area (Å²) < 4.78 is 23.5. The van der Waals surface area contributed by atoms with E-state index in [0.717, 1.165) is 19.6 Å². The van der Waals surface area contributed by atoms with E-state index in [2.05, 4.69) is 46.2 Å². The van der Waals surface area contributed by atoms with Crippen LogP contribution in [0.2, 0.25) is 0 Å². The molecule has 0 bridgehead atoms. The van der Waals surface area contributed by atoms with Gasteiger partial charge in [0.15, 0.2) is 11.5 Å². The lowest BCUT2D eigenvalue weighted by Crippen LogP contribution is -2.38. The van der Waals surface area contributed by atoms with Gasteiger partial charge in [0.25, 0.3) is 0 Å². The van der Waals surface area contributed by atoms with E-state index in [4.69, 9.17) is 9.57 Å². The van der Waals surface area contributed by atoms with Crippen LogP contribution in [0.1, 0.15) is 5.69 Å². The third-order valence-corrected chi connectivity index (χ3v) is 4.35. The summed E-state index contributed by atoms with van der Waals surface area (Å²) in [7, 11) is 0. The molecule has 0 aliphatic carbocycles. The fraction of sp³-hybridized carbons (Fsp3) is 0.400. The summed E-state index contributed by atoms with van der Waals surface area (Å²) in [4.78, 5) is 11.8. The summed E-state index contributed by atoms with van der Waals surface area (Å²) in [6, 6.07) is 4.13. The van der Waals surface area contributed by atoms with Gasteiger partial charge in [-0.3, -0.25) is 20.4 Å². The molecule has 3 N–H and O–H groups in total. The Bertz CT molecular complexity index is 783. The molecule has 0 amide bonds. The minimum absolute atomic E-state index is 0.0472. The van der Waals surface area contributed by atoms with E-state index in [9.17, 15) is 9.60 Å². The van der Waals surface area contributed by atoms with E-state index >= 15 is 0 Å². The Hall–Kier alpha value is -2.12. The molecule has 1 saturated heterocycles. The highest BCUT2D eigenvalue weighted by atomic mass is 79.9. The maximum Gasteiger partial charge on any atom is 0.225 e. The second kappa shape index (κ2) is 9.71. The van der Waals surface area contributed by atoms with Crippen molar-refractivity contribution in [2.45, 2.75) is 0 Å². The Morgan fingerprint density at radius 2 is 2.19 bits per heavy atom. The van der Waals surface area contributed by atoms with Crippen molar-refractivity contribution in [3.63, 3.8) is 0 Å². The molecule has 146 valence electrons. The van der Waals surface area contributed by atoms with Gasteiger partial charge in [-0.25, -0.2) is 19.5 Å². The summed E-state index contributed by atoms with van der Waals surface area (Å²) >= 11 is 3.08. The van der Waals surface area contributed by atoms with Crippen LogP contribution in [0.4, 0.5) is 15.9 Å². The number of rotatable bonds is 7. The molecule has 0 unspecified atom stereocenters. The fourth-order valence-corrected chi connectivity index (χ4v) is 2.71. The summed E-state index contributed by atoms with van der Waals surface area (Å²) in [5, 5.41) is 16.8. The van der Waals surface area contributed by atoms with Crippen LogP contribution >= 0.6 is 15.9 Å². The Balaban J connectivity index is 1.61. The molecule has 1 aliphatic heterocycles. The van der Waals surface area contributed by atoms with E-state index in [1.54, 1.807) is 0 Å². The molecule has 0 atom stereocenters. The normalized spacial score (nSPS) is 15.7. The first kappa shape index (κ1) is 19.6. The van der Waals surface area contributed by atoms with Gasteiger partial charge in [0.2, 0.25) is 5.82 Å². The maximum absolute atomic E-state index is 13.3. The van der Waals surface area contributed by atoms with E-state index in [1.807, 2.05) is 5.48 Å². The summed E-state index contributed by atoms with van der Waals surface area (Å²) in [6.45, 7) is 4.27. The minimum atomic E-state index is -0.424. The molecule has 0 radical (unpaired) electrons. The second-order valence-electron chi connectivity index (χ2n) is 5.54. The molecule has 2 heterocycles. The third kappa shape index (κ3) is 5.43. The van der Waals surface area contributed by atoms with Crippen molar-refractivity contribution >= 4 is 33.3 Å². The zero-order valence-electron chi connectivity index (χ0n) is 14.2. The van der Waals surface area contributed by atoms with E-state index in [0.29, 0.717) is 25.5 Å². The lowest BCUT2D eigenvalue weighted by atomic mass is 10.3. The number of hydrogen-bond acceptors (Lipinski definition) is 9. The van der Waals surface area contributed by atoms with Crippen molar-refractivity contribution in [2.75, 3.05) is 44.9 Å². The Labute approximate surface area is 162 Å². The van der Waals surface area contributed by atoms with Crippen LogP contribution in [0.25, 0.3) is 0 Å². The zero-order valence-corrected chi connectivity index (χ0v) is 15.8. The molecule has 1 aliphatic rings. The minimum Gasteiger partial charge on any atom is -0.379 e. The van der Waals surface area contributed by atoms with Gasteiger partial charge in [-0.05, 0) is 44.4 Å². The molecule has 12 heteroatoms. The largest absolute Gasteiger partial charge is 0.379 e. The molecule has 1 aromatic carbocycles. The number of nitrogens with one attached hydrogen (secondary N) is 2. The number of nitrogens with zero attached hydrogens (tertiary/aromatic N) is 4. The number of benzene rings is 1. The molecule has 1 fully saturated rings. The predicted molar refractivity (Wildman–Crippen MR) is 96.4 cm³/mol. The first-order valence-corrected chi connectivity index (χ1v) is 8.91. The predicted octanol–water partition coefficient (Wildman–Crippen LogP) is 1.70. The number of morpholine rings is 1. The SMILES string of the molecule is ONC(=Nc1ccc(F)c(Br)c1)c1nonc1NOCCN1CCOCC1. The van der Waals surface area contributed by atoms with Crippen molar-refractivity contribution in [1.82, 2.24) is 20.7 Å². The summed E-state index contributed by atoms with van der Waals surface area (Å²) in [5.41, 5.74) is 5.04. The molecule has 10 nitrogen and oxygen atoms in total. The number of amidine groups is 1. The molecule has 27 heavy (non-hydrogen) atoms. The van der Waals surface area contributed by atoms with Crippen LogP contribution in [0.3, 0.4) is 0 Å². The van der Waals surface area contributed by atoms with Gasteiger partial charge in [-0.1, -0.05) is 0 Å². The fourth-order valence-electron chi connectivity index (χ4n) is 2.34. The number of halogens is 2. The highest BCUT2D eigenvalue weighted by Gasteiger charge is 2.17. The topological polar surface area (TPSA) is 117 Å². The number of anilines is 1. The van der Waals surface area contributed by atoms with Gasteiger partial charge in [-0.15, -0.1) is 0 Å². The van der Waals surface area contributed by atoms with Gasteiger partial charge in [0.1, 0.15) is 5.82 Å². The number of hydroxylamine groups is 1. The quantitative estimate of drug-likeness (QED) is 0.253. The summed E-state index contributed by atoms with van der Waals surface area (Å²) in [5.74, 6) is -0.334. The van der Waals surface area contributed by atoms with Crippen LogP contribution in [-0.2, 0) is 9.57 Å². The van der Waals surface area contributed by atoms with Crippen molar-refractivity contribution in [1.29, 1.82) is 0 Å². The van der Waals surface area contributed by atoms with E-state index in [-0.39, 0.29) is 21.8 Å². The van der Waals surface area contributed by atoms with Gasteiger partial charge < -0.3 is 4.74 Å². The molecular formula is C15H18BrFN6O4. The van der Waals surface area contributed by atoms with Crippen molar-refractivity contribution in [2.24, 2.45) is 4.99 Å². The molecule has 0 saturated carbocycles. The van der Waals surface area contributed by atoms with E-state index < -0.39 is 5.82 Å². The Kier molecular flexibility index (Phi) is 7.06. The number of ether oxygens (including phenoxy) is 1. The first-order chi connectivity index (χ1) is 13.2. The smallest absolute Gasteiger partial charge is 0.225 e. The molecule has 0 spiro atoms. The second-order valence-corrected chi connectivity index (χ2v) is 6.39. The standard InChI is InChI=1S/C15H18BrFN6O4/c16-11-9-10(1-2-12(11)17)18-14(19-24)13-15(22-27-20-13)21-26-8-5-23-3-6-25-7-4-23/h1-2,9,24H,3-8H2,(H,18,19)(H,21,22). The molecular weight excluding hydrogens is 427 g/mol. The van der Waals surface area contributed by atoms with Crippen molar-refractivity contribution < 1.29 is 23.8 Å². The maximum atomic E-state index is 13.3. The molecule has 2 aromatic rings. The molecule has 3 rings (SSSR count). The van der Waals surface area contributed by atoms with Crippen LogP contribution in [-0.4, -0.2) is 65.7 Å². The van der Waals surface area contributed by atoms with Crippen LogP contribution < -0.4 is 11.0 Å². The lowest BCUT2D eigenvalue weighted by molar-refractivity contribution is 0.0259. The van der Waals surface area contributed by atoms with Crippen LogP contribution in [0.5, 0.6) is 0 Å². The van der Waals surface area contributed by atoms with Crippen LogP contribution in [0, 0.1) is 5.82 Å². The highest BCUT2D eigenvalue weighted by Crippen LogP contribution is 2.23. The average Bonchev–Trinajstić information content (AvgIpc) is 3.15. The van der Waals surface area contributed by atoms with Crippen LogP contribution in [0.15, 0.2) is 32.3 Å². The lowest BCUT2D eigenvalue weighted by Gasteiger charge is -2.26. The number of hydrogen-bond donors (Lipinski definition) is 3. The highest BCUT2D eigenvalue weighted by molar-refractivity contribution is 9.10. The van der Waals surface area contributed by atoms with Gasteiger partial charge in [0, 0.05) is 19.6 Å². The monoisotopic (exact) mass is 444 g/mol. The summed E-state index contributed by atoms with van der Waals surface area (Å²) in [6.07, 6.45) is 0. The van der Waals surface area contributed by atoms with Crippen molar-refractivity contribution in [3.05, 3.63) is 34.2 Å². The molecule has 1 aromatic heterocycles. The van der Waals surface area contributed by atoms with Crippen molar-refractivity contribution in [3.8, 4) is 0 Å². The van der Waals surface area contributed by atoms with Gasteiger partial charge in [-0.2, -0.15) is 0 Å². The average molecular weight is 445 g/mol. The number of aliphatic imine (C=N–C) groups is 1. The Morgan fingerprint density at radius 3 is 2.93 bits per heavy atom. The first-order valence-electron chi connectivity index (χ1n) is 8.12. The Morgan fingerprint density at radius 1 is 1.37 bits per heavy atom. The third-order valence-electron chi connectivity index (χ3n) is 3.74. The number of aromatic nitrogens is 2. The zero-order chi connectivity index (χ0) is 19.1. The van der Waals surface area contributed by atoms with Gasteiger partial charge in [0.05, 0.1) is 30.0 Å². The van der Waals surface area contributed by atoms with E-state index in [1.165, 1.54) is 18.2 Å². The van der Waals surface area contributed by atoms with Gasteiger partial charge >= 0.3 is 0 Å².